The molecule has 35 heavy (non-hydrogen) atoms. The number of hydrogen-bond donors (Lipinski definition) is 2. The van der Waals surface area contributed by atoms with Crippen LogP contribution in [0.1, 0.15) is 22.3 Å². The molecule has 0 atom stereocenters. The van der Waals surface area contributed by atoms with E-state index in [4.69, 9.17) is 10.4 Å². The van der Waals surface area contributed by atoms with Crippen LogP contribution < -0.4 is 0 Å². The number of benzene rings is 4. The number of hydrogen-bond acceptors (Lipinski definition) is 4. The molecule has 0 unspecified atom stereocenters. The molecule has 6 nitrogen and oxygen atoms in total. The molecule has 173 valence electrons. The van der Waals surface area contributed by atoms with Gasteiger partial charge in [0.15, 0.2) is 0 Å². The van der Waals surface area contributed by atoms with E-state index in [1.54, 1.807) is 0 Å². The topological polar surface area (TPSA) is 108 Å². The van der Waals surface area contributed by atoms with Crippen LogP contribution in [0.5, 0.6) is 0 Å². The van der Waals surface area contributed by atoms with Gasteiger partial charge in [-0.15, -0.1) is 0 Å². The Balaban J connectivity index is 0.000000160. The van der Waals surface area contributed by atoms with Crippen molar-refractivity contribution < 1.29 is 36.8 Å². The number of fused-ring (bicyclic) bond motifs is 6. The van der Waals surface area contributed by atoms with Crippen molar-refractivity contribution in [3.63, 3.8) is 0 Å². The first-order valence-corrected chi connectivity index (χ1v) is 10.6. The zero-order valence-electron chi connectivity index (χ0n) is 18.3. The number of carbonyl (C=O) groups excluding carboxylic acids is 2. The summed E-state index contributed by atoms with van der Waals surface area (Å²) in [5.41, 5.74) is 7.15. The van der Waals surface area contributed by atoms with Crippen LogP contribution in [0.4, 0.5) is 0 Å². The van der Waals surface area contributed by atoms with E-state index in [0.717, 1.165) is 33.4 Å². The van der Waals surface area contributed by atoms with Gasteiger partial charge in [-0.1, -0.05) is 95.2 Å². The standard InChI is InChI=1S/2C14H9NO2.Co/c2*16-14-12-8-4-2-6-10(12)9-5-1-3-7-11(9)13(14)15-17;/h2*1-8,17H;/p+2. The van der Waals surface area contributed by atoms with E-state index < -0.39 is 0 Å². The average molecular weight is 507 g/mol. The number of nitrogens with zero attached hydrogens (tertiary/aromatic N) is 2. The van der Waals surface area contributed by atoms with Crippen LogP contribution >= 0.6 is 0 Å². The fraction of sp³-hybridized carbons (Fsp3) is 0. The second-order valence-corrected chi connectivity index (χ2v) is 7.78. The van der Waals surface area contributed by atoms with Crippen LogP contribution in [0.25, 0.3) is 22.3 Å². The molecule has 0 aromatic heterocycles. The zero-order valence-corrected chi connectivity index (χ0v) is 19.3. The molecule has 4 aromatic rings. The Hall–Kier alpha value is -4.33. The second kappa shape index (κ2) is 9.88. The van der Waals surface area contributed by atoms with Gasteiger partial charge >= 0.3 is 11.6 Å². The van der Waals surface area contributed by atoms with Gasteiger partial charge in [0.25, 0.3) is 0 Å². The van der Waals surface area contributed by atoms with Gasteiger partial charge in [0, 0.05) is 27.9 Å². The van der Waals surface area contributed by atoms with E-state index in [2.05, 4.69) is 10.3 Å². The summed E-state index contributed by atoms with van der Waals surface area (Å²) in [4.78, 5) is 20.2. The van der Waals surface area contributed by atoms with Crippen molar-refractivity contribution >= 4 is 23.0 Å². The van der Waals surface area contributed by atoms with Crippen molar-refractivity contribution in [1.29, 1.82) is 0 Å². The summed E-state index contributed by atoms with van der Waals surface area (Å²) in [5, 5.41) is 24.5. The molecule has 0 amide bonds. The third kappa shape index (κ3) is 3.97. The van der Waals surface area contributed by atoms with E-state index in [0.29, 0.717) is 11.1 Å². The Bertz CT molecular complexity index is 1410. The molecule has 6 rings (SSSR count). The summed E-state index contributed by atoms with van der Waals surface area (Å²) in [5.74, 6) is 0.0311. The number of ketones is 2. The first-order valence-electron chi connectivity index (χ1n) is 10.6. The summed E-state index contributed by atoms with van der Waals surface area (Å²) < 4.78 is 0. The molecule has 0 saturated carbocycles. The minimum Gasteiger partial charge on any atom is -0.410 e. The molecule has 0 aliphatic heterocycles. The normalized spacial score (nSPS) is 15.1. The molecule has 0 heterocycles. The van der Waals surface area contributed by atoms with Crippen LogP contribution in [0.3, 0.4) is 0 Å². The second-order valence-electron chi connectivity index (χ2n) is 7.78. The minimum absolute atomic E-state index is 0. The quantitative estimate of drug-likeness (QED) is 0.201. The Labute approximate surface area is 211 Å². The van der Waals surface area contributed by atoms with Crippen LogP contribution in [-0.4, -0.2) is 43.0 Å². The Kier molecular flexibility index (Phi) is 6.72. The Morgan fingerprint density at radius 1 is 0.400 bits per heavy atom. The summed E-state index contributed by atoms with van der Waals surface area (Å²) in [7, 11) is 0. The van der Waals surface area contributed by atoms with Gasteiger partial charge in [0.05, 0.1) is 11.1 Å². The molecule has 0 fully saturated rings. The van der Waals surface area contributed by atoms with E-state index in [9.17, 15) is 9.59 Å². The Morgan fingerprint density at radius 2 is 0.629 bits per heavy atom. The first-order chi connectivity index (χ1) is 16.7. The fourth-order valence-corrected chi connectivity index (χ4v) is 4.41. The van der Waals surface area contributed by atoms with Crippen LogP contribution in [0.2, 0.25) is 0 Å². The molecule has 0 saturated heterocycles. The van der Waals surface area contributed by atoms with Gasteiger partial charge in [0.1, 0.15) is 0 Å². The van der Waals surface area contributed by atoms with Crippen molar-refractivity contribution in [1.82, 2.24) is 0 Å². The summed E-state index contributed by atoms with van der Waals surface area (Å²) >= 11 is 0. The molecule has 7 heteroatoms. The van der Waals surface area contributed by atoms with Crippen LogP contribution in [-0.2, 0) is 16.8 Å². The minimum atomic E-state index is 0. The predicted octanol–water partition coefficient (Wildman–Crippen LogP) is 4.87. The molecule has 4 aromatic carbocycles. The van der Waals surface area contributed by atoms with Crippen LogP contribution in [0, 0.1) is 0 Å². The van der Waals surface area contributed by atoms with Gasteiger partial charge in [0.2, 0.25) is 11.4 Å². The van der Waals surface area contributed by atoms with Gasteiger partial charge in [-0.2, -0.15) is 0 Å². The predicted molar refractivity (Wildman–Crippen MR) is 132 cm³/mol. The van der Waals surface area contributed by atoms with Gasteiger partial charge in [-0.05, 0) is 34.4 Å². The largest absolute Gasteiger partial charge is 0.410 e. The Morgan fingerprint density at radius 3 is 0.914 bits per heavy atom. The molecule has 4 N–H and O–H groups in total. The molecule has 2 aliphatic carbocycles. The molecule has 1 radical (unpaired) electrons. The van der Waals surface area contributed by atoms with Crippen molar-refractivity contribution in [3.05, 3.63) is 119 Å². The van der Waals surface area contributed by atoms with Crippen molar-refractivity contribution in [2.24, 2.45) is 10.3 Å². The molecule has 0 spiro atoms. The number of rotatable bonds is 0. The summed E-state index contributed by atoms with van der Waals surface area (Å²) in [6, 6.07) is 30.2. The summed E-state index contributed by atoms with van der Waals surface area (Å²) in [6.07, 6.45) is 0. The van der Waals surface area contributed by atoms with E-state index >= 15 is 0 Å². The average Bonchev–Trinajstić information content (AvgIpc) is 2.90. The monoisotopic (exact) mass is 507 g/mol. The van der Waals surface area contributed by atoms with E-state index in [1.165, 1.54) is 0 Å². The van der Waals surface area contributed by atoms with Gasteiger partial charge < -0.3 is 10.4 Å². The van der Waals surface area contributed by atoms with Crippen LogP contribution in [0.15, 0.2) is 107 Å². The molecular formula is C28H20CoN2O4+2. The third-order valence-electron chi connectivity index (χ3n) is 5.96. The van der Waals surface area contributed by atoms with Crippen molar-refractivity contribution in [2.75, 3.05) is 0 Å². The van der Waals surface area contributed by atoms with E-state index in [1.807, 2.05) is 97.1 Å². The number of oxime groups is 2. The SMILES string of the molecule is ON=C1C(=[OH+])c2ccccc2-c2ccccc21.ON=C1C(=[OH+])c2ccccc2-c2ccccc21.[Co]. The molecule has 0 bridgehead atoms. The molecule has 2 aliphatic rings. The first kappa shape index (κ1) is 23.8. The van der Waals surface area contributed by atoms with Crippen molar-refractivity contribution in [2.45, 2.75) is 0 Å². The summed E-state index contributed by atoms with van der Waals surface area (Å²) in [6.45, 7) is 0. The van der Waals surface area contributed by atoms with E-state index in [-0.39, 0.29) is 39.8 Å². The van der Waals surface area contributed by atoms with Crippen molar-refractivity contribution in [3.8, 4) is 22.3 Å². The molecular weight excluding hydrogens is 487 g/mol. The van der Waals surface area contributed by atoms with Gasteiger partial charge in [-0.3, -0.25) is 9.59 Å². The zero-order chi connectivity index (χ0) is 23.7. The fourth-order valence-electron chi connectivity index (χ4n) is 4.41. The maximum Gasteiger partial charge on any atom is 0.377 e. The van der Waals surface area contributed by atoms with Gasteiger partial charge in [-0.25, -0.2) is 0 Å². The maximum absolute atomic E-state index is 10.1. The maximum atomic E-state index is 10.1. The third-order valence-corrected chi connectivity index (χ3v) is 5.96. The smallest absolute Gasteiger partial charge is 0.377 e.